The number of nitrogens with one attached hydrogen (secondary N) is 2. The lowest BCUT2D eigenvalue weighted by Crippen LogP contribution is -2.47. The van der Waals surface area contributed by atoms with Gasteiger partial charge in [0.2, 0.25) is 11.8 Å². The number of hydrogen-bond acceptors (Lipinski definition) is 5. The van der Waals surface area contributed by atoms with Gasteiger partial charge in [-0.05, 0) is 48.2 Å². The van der Waals surface area contributed by atoms with E-state index >= 15 is 0 Å². The summed E-state index contributed by atoms with van der Waals surface area (Å²) in [5, 5.41) is 5.71. The predicted molar refractivity (Wildman–Crippen MR) is 122 cm³/mol. The molecular weight excluding hydrogens is 410 g/mol. The van der Waals surface area contributed by atoms with Gasteiger partial charge in [-0.3, -0.25) is 14.4 Å². The maximum atomic E-state index is 13.0. The second-order valence-electron chi connectivity index (χ2n) is 8.05. The molecule has 0 spiro atoms. The van der Waals surface area contributed by atoms with Crippen molar-refractivity contribution < 1.29 is 23.9 Å². The molecule has 0 aromatic heterocycles. The minimum Gasteiger partial charge on any atom is -0.497 e. The van der Waals surface area contributed by atoms with Crippen LogP contribution < -0.4 is 25.0 Å². The zero-order valence-electron chi connectivity index (χ0n) is 19.0. The number of carbonyl (C=O) groups is 3. The number of amides is 3. The molecule has 0 saturated carbocycles. The van der Waals surface area contributed by atoms with Gasteiger partial charge < -0.3 is 25.0 Å². The van der Waals surface area contributed by atoms with Crippen LogP contribution in [0, 0.1) is 5.92 Å². The summed E-state index contributed by atoms with van der Waals surface area (Å²) in [6.07, 6.45) is 0.737. The highest BCUT2D eigenvalue weighted by Crippen LogP contribution is 2.30. The van der Waals surface area contributed by atoms with Crippen LogP contribution in [0.5, 0.6) is 11.5 Å². The Kier molecular flexibility index (Phi) is 7.02. The summed E-state index contributed by atoms with van der Waals surface area (Å²) in [5.41, 5.74) is 2.84. The van der Waals surface area contributed by atoms with Gasteiger partial charge in [0.05, 0.1) is 14.2 Å². The Balaban J connectivity index is 1.74. The summed E-state index contributed by atoms with van der Waals surface area (Å²) < 4.78 is 10.4. The molecule has 170 valence electrons. The fraction of sp³-hybridized carbons (Fsp3) is 0.375. The van der Waals surface area contributed by atoms with Crippen LogP contribution >= 0.6 is 0 Å². The normalized spacial score (nSPS) is 13.4. The van der Waals surface area contributed by atoms with Gasteiger partial charge >= 0.3 is 0 Å². The average molecular weight is 440 g/mol. The molecule has 2 N–H and O–H groups in total. The molecule has 0 saturated heterocycles. The Hall–Kier alpha value is -3.55. The number of fused-ring (bicyclic) bond motifs is 1. The number of benzene rings is 2. The van der Waals surface area contributed by atoms with Gasteiger partial charge in [-0.15, -0.1) is 0 Å². The molecule has 0 fully saturated rings. The average Bonchev–Trinajstić information content (AvgIpc) is 3.20. The van der Waals surface area contributed by atoms with Crippen molar-refractivity contribution in [2.24, 2.45) is 5.92 Å². The van der Waals surface area contributed by atoms with E-state index in [1.54, 1.807) is 36.1 Å². The summed E-state index contributed by atoms with van der Waals surface area (Å²) in [6.45, 7) is 5.91. The van der Waals surface area contributed by atoms with Gasteiger partial charge in [-0.2, -0.15) is 0 Å². The second-order valence-corrected chi connectivity index (χ2v) is 8.05. The molecule has 32 heavy (non-hydrogen) atoms. The van der Waals surface area contributed by atoms with Crippen molar-refractivity contribution in [2.45, 2.75) is 33.2 Å². The summed E-state index contributed by atoms with van der Waals surface area (Å²) in [5.74, 6) is 0.105. The van der Waals surface area contributed by atoms with Crippen LogP contribution in [0.3, 0.4) is 0 Å². The van der Waals surface area contributed by atoms with Crippen molar-refractivity contribution in [3.8, 4) is 11.5 Å². The first-order valence-corrected chi connectivity index (χ1v) is 10.5. The molecule has 1 aliphatic heterocycles. The molecular formula is C24H29N3O5. The van der Waals surface area contributed by atoms with E-state index in [0.29, 0.717) is 29.3 Å². The van der Waals surface area contributed by atoms with E-state index in [2.05, 4.69) is 10.6 Å². The quantitative estimate of drug-likeness (QED) is 0.691. The number of nitrogens with zero attached hydrogens (tertiary/aromatic N) is 1. The zero-order chi connectivity index (χ0) is 23.4. The molecule has 0 radical (unpaired) electrons. The standard InChI is InChI=1S/C24H29N3O5/c1-14(2)22(26-23(29)17-11-19(31-4)13-20(12-17)32-5)24(30)25-18-6-7-21-16(10-18)8-9-27(21)15(3)28/h6-7,10-14,22H,8-9H2,1-5H3,(H,25,30)(H,26,29)/t22-/m0/s1. The molecule has 1 atom stereocenters. The van der Waals surface area contributed by atoms with Crippen molar-refractivity contribution in [1.82, 2.24) is 5.32 Å². The zero-order valence-corrected chi connectivity index (χ0v) is 19.0. The molecule has 0 unspecified atom stereocenters. The lowest BCUT2D eigenvalue weighted by atomic mass is 10.0. The number of anilines is 2. The molecule has 8 nitrogen and oxygen atoms in total. The fourth-order valence-corrected chi connectivity index (χ4v) is 3.72. The lowest BCUT2D eigenvalue weighted by molar-refractivity contribution is -0.119. The highest BCUT2D eigenvalue weighted by Gasteiger charge is 2.27. The first kappa shape index (κ1) is 23.1. The Morgan fingerprint density at radius 1 is 1.00 bits per heavy atom. The third kappa shape index (κ3) is 5.01. The first-order chi connectivity index (χ1) is 15.2. The number of ether oxygens (including phenoxy) is 2. The van der Waals surface area contributed by atoms with Crippen molar-refractivity contribution in [2.75, 3.05) is 31.0 Å². The van der Waals surface area contributed by atoms with E-state index in [-0.39, 0.29) is 17.7 Å². The maximum Gasteiger partial charge on any atom is 0.252 e. The Bertz CT molecular complexity index is 1010. The minimum atomic E-state index is -0.748. The molecule has 0 bridgehead atoms. The SMILES string of the molecule is COc1cc(OC)cc(C(=O)N[C@H](C(=O)Nc2ccc3c(c2)CCN3C(C)=O)C(C)C)c1. The predicted octanol–water partition coefficient (Wildman–Crippen LogP) is 3.01. The van der Waals surface area contributed by atoms with Gasteiger partial charge in [0.25, 0.3) is 5.91 Å². The third-order valence-corrected chi connectivity index (χ3v) is 5.47. The number of hydrogen-bond donors (Lipinski definition) is 2. The van der Waals surface area contributed by atoms with E-state index in [0.717, 1.165) is 17.7 Å². The van der Waals surface area contributed by atoms with Crippen LogP contribution in [0.1, 0.15) is 36.7 Å². The van der Waals surface area contributed by atoms with Crippen LogP contribution in [0.4, 0.5) is 11.4 Å². The fourth-order valence-electron chi connectivity index (χ4n) is 3.72. The number of carbonyl (C=O) groups excluding carboxylic acids is 3. The summed E-state index contributed by atoms with van der Waals surface area (Å²) >= 11 is 0. The van der Waals surface area contributed by atoms with E-state index in [9.17, 15) is 14.4 Å². The maximum absolute atomic E-state index is 13.0. The van der Waals surface area contributed by atoms with E-state index in [4.69, 9.17) is 9.47 Å². The van der Waals surface area contributed by atoms with E-state index in [1.165, 1.54) is 14.2 Å². The topological polar surface area (TPSA) is 97.0 Å². The third-order valence-electron chi connectivity index (χ3n) is 5.47. The van der Waals surface area contributed by atoms with Crippen molar-refractivity contribution in [3.05, 3.63) is 47.5 Å². The largest absolute Gasteiger partial charge is 0.497 e. The van der Waals surface area contributed by atoms with Gasteiger partial charge in [-0.25, -0.2) is 0 Å². The van der Waals surface area contributed by atoms with E-state index in [1.807, 2.05) is 26.0 Å². The molecule has 1 heterocycles. The molecule has 1 aliphatic rings. The minimum absolute atomic E-state index is 0.00251. The van der Waals surface area contributed by atoms with Crippen LogP contribution in [0.25, 0.3) is 0 Å². The van der Waals surface area contributed by atoms with Gasteiger partial charge in [0.1, 0.15) is 17.5 Å². The Morgan fingerprint density at radius 2 is 1.66 bits per heavy atom. The molecule has 3 amide bonds. The summed E-state index contributed by atoms with van der Waals surface area (Å²) in [4.78, 5) is 39.3. The van der Waals surface area contributed by atoms with Crippen molar-refractivity contribution >= 4 is 29.1 Å². The Labute approximate surface area is 187 Å². The van der Waals surface area contributed by atoms with E-state index < -0.39 is 11.9 Å². The van der Waals surface area contributed by atoms with Crippen molar-refractivity contribution in [1.29, 1.82) is 0 Å². The van der Waals surface area contributed by atoms with Gasteiger partial charge in [-0.1, -0.05) is 13.8 Å². The molecule has 2 aromatic carbocycles. The smallest absolute Gasteiger partial charge is 0.252 e. The Morgan fingerprint density at radius 3 is 2.22 bits per heavy atom. The summed E-state index contributed by atoms with van der Waals surface area (Å²) in [6, 6.07) is 9.59. The van der Waals surface area contributed by atoms with Crippen LogP contribution in [-0.4, -0.2) is 44.5 Å². The lowest BCUT2D eigenvalue weighted by Gasteiger charge is -2.22. The second kappa shape index (κ2) is 9.72. The molecule has 8 heteroatoms. The van der Waals surface area contributed by atoms with Crippen LogP contribution in [0.2, 0.25) is 0 Å². The van der Waals surface area contributed by atoms with Gasteiger partial charge in [0, 0.05) is 36.5 Å². The highest BCUT2D eigenvalue weighted by molar-refractivity contribution is 6.02. The van der Waals surface area contributed by atoms with Crippen LogP contribution in [0.15, 0.2) is 36.4 Å². The monoisotopic (exact) mass is 439 g/mol. The number of rotatable bonds is 7. The highest BCUT2D eigenvalue weighted by atomic mass is 16.5. The number of methoxy groups -OCH3 is 2. The summed E-state index contributed by atoms with van der Waals surface area (Å²) in [7, 11) is 3.01. The van der Waals surface area contributed by atoms with Gasteiger partial charge in [0.15, 0.2) is 0 Å². The first-order valence-electron chi connectivity index (χ1n) is 10.5. The van der Waals surface area contributed by atoms with Crippen LogP contribution in [-0.2, 0) is 16.0 Å². The molecule has 2 aromatic rings. The molecule has 0 aliphatic carbocycles. The van der Waals surface area contributed by atoms with Crippen molar-refractivity contribution in [3.63, 3.8) is 0 Å². The molecule has 3 rings (SSSR count).